The number of pyridine rings is 1. The van der Waals surface area contributed by atoms with Gasteiger partial charge in [0.2, 0.25) is 0 Å². The molecule has 0 bridgehead atoms. The zero-order chi connectivity index (χ0) is 19.0. The zero-order valence-electron chi connectivity index (χ0n) is 14.3. The average molecular weight is 386 g/mol. The molecule has 138 valence electrons. The topological polar surface area (TPSA) is 88.6 Å². The monoisotopic (exact) mass is 385 g/mol. The molecule has 0 spiro atoms. The molecule has 3 heterocycles. The summed E-state index contributed by atoms with van der Waals surface area (Å²) in [5.41, 5.74) is 0.805. The predicted octanol–water partition coefficient (Wildman–Crippen LogP) is 2.76. The number of hydrogen-bond acceptors (Lipinski definition) is 5. The highest BCUT2D eigenvalue weighted by Crippen LogP contribution is 2.26. The van der Waals surface area contributed by atoms with Crippen LogP contribution in [0.4, 0.5) is 5.82 Å². The van der Waals surface area contributed by atoms with Gasteiger partial charge in [-0.25, -0.2) is 4.98 Å². The van der Waals surface area contributed by atoms with Crippen LogP contribution in [0.5, 0.6) is 0 Å². The van der Waals surface area contributed by atoms with Gasteiger partial charge in [0.05, 0.1) is 28.8 Å². The molecule has 3 amide bonds. The van der Waals surface area contributed by atoms with Crippen LogP contribution in [0.3, 0.4) is 0 Å². The Balaban J connectivity index is 1.53. The summed E-state index contributed by atoms with van der Waals surface area (Å²) in [6.45, 7) is 0.888. The standard InChI is InChI=1S/C19H16ClN3O4/c20-12-4-6-16(21-9-12)22-17(24)11-3-5-14-15(8-11)19(26)23(18(14)25)10-13-2-1-7-27-13/h3-6,8-9,13H,1-2,7,10H2,(H,21,22,24)/t13-/m1/s1. The van der Waals surface area contributed by atoms with E-state index in [-0.39, 0.29) is 29.7 Å². The van der Waals surface area contributed by atoms with Crippen molar-refractivity contribution in [2.75, 3.05) is 18.5 Å². The third-order valence-corrected chi connectivity index (χ3v) is 4.84. The Kier molecular flexibility index (Phi) is 4.63. The predicted molar refractivity (Wildman–Crippen MR) is 98.0 cm³/mol. The minimum atomic E-state index is -0.426. The molecule has 1 aromatic heterocycles. The molecule has 4 rings (SSSR count). The molecule has 2 aliphatic heterocycles. The van der Waals surface area contributed by atoms with E-state index >= 15 is 0 Å². The first-order valence-corrected chi connectivity index (χ1v) is 8.95. The van der Waals surface area contributed by atoms with Crippen LogP contribution >= 0.6 is 11.6 Å². The lowest BCUT2D eigenvalue weighted by atomic mass is 10.1. The van der Waals surface area contributed by atoms with Gasteiger partial charge < -0.3 is 10.1 Å². The lowest BCUT2D eigenvalue weighted by Crippen LogP contribution is -2.36. The second-order valence-corrected chi connectivity index (χ2v) is 6.87. The van der Waals surface area contributed by atoms with Crippen molar-refractivity contribution >= 4 is 35.1 Å². The van der Waals surface area contributed by atoms with Crippen LogP contribution in [0.25, 0.3) is 0 Å². The summed E-state index contributed by atoms with van der Waals surface area (Å²) in [5, 5.41) is 3.09. The number of nitrogens with zero attached hydrogens (tertiary/aromatic N) is 2. The number of halogens is 1. The number of carbonyl (C=O) groups is 3. The number of imide groups is 1. The molecule has 27 heavy (non-hydrogen) atoms. The van der Waals surface area contributed by atoms with Gasteiger partial charge in [0.1, 0.15) is 5.82 Å². The molecule has 1 atom stereocenters. The first-order chi connectivity index (χ1) is 13.0. The van der Waals surface area contributed by atoms with E-state index in [1.54, 1.807) is 12.1 Å². The lowest BCUT2D eigenvalue weighted by Gasteiger charge is -2.17. The molecule has 1 fully saturated rings. The normalized spacial score (nSPS) is 18.7. The molecule has 8 heteroatoms. The summed E-state index contributed by atoms with van der Waals surface area (Å²) in [6.07, 6.45) is 3.06. The Morgan fingerprint density at radius 2 is 2.04 bits per heavy atom. The number of amides is 3. The van der Waals surface area contributed by atoms with Crippen LogP contribution in [0.2, 0.25) is 5.02 Å². The van der Waals surface area contributed by atoms with E-state index in [9.17, 15) is 14.4 Å². The molecule has 2 aliphatic rings. The fourth-order valence-electron chi connectivity index (χ4n) is 3.23. The first-order valence-electron chi connectivity index (χ1n) is 8.57. The zero-order valence-corrected chi connectivity index (χ0v) is 15.0. The highest BCUT2D eigenvalue weighted by molar-refractivity contribution is 6.30. The second-order valence-electron chi connectivity index (χ2n) is 6.43. The van der Waals surface area contributed by atoms with E-state index in [2.05, 4.69) is 10.3 Å². The van der Waals surface area contributed by atoms with E-state index in [0.29, 0.717) is 23.0 Å². The largest absolute Gasteiger partial charge is 0.376 e. The summed E-state index contributed by atoms with van der Waals surface area (Å²) < 4.78 is 5.52. The highest BCUT2D eigenvalue weighted by Gasteiger charge is 2.37. The van der Waals surface area contributed by atoms with Crippen LogP contribution < -0.4 is 5.32 Å². The molecule has 0 unspecified atom stereocenters. The van der Waals surface area contributed by atoms with E-state index in [1.165, 1.54) is 29.3 Å². The number of hydrogen-bond donors (Lipinski definition) is 1. The van der Waals surface area contributed by atoms with Gasteiger partial charge in [-0.3, -0.25) is 19.3 Å². The first kappa shape index (κ1) is 17.6. The summed E-state index contributed by atoms with van der Waals surface area (Å²) >= 11 is 5.78. The van der Waals surface area contributed by atoms with E-state index < -0.39 is 11.8 Å². The molecule has 2 aromatic rings. The van der Waals surface area contributed by atoms with Crippen molar-refractivity contribution in [2.45, 2.75) is 18.9 Å². The van der Waals surface area contributed by atoms with Crippen LogP contribution in [0.1, 0.15) is 43.9 Å². The highest BCUT2D eigenvalue weighted by atomic mass is 35.5. The van der Waals surface area contributed by atoms with Crippen molar-refractivity contribution < 1.29 is 19.1 Å². The number of benzene rings is 1. The van der Waals surface area contributed by atoms with Crippen LogP contribution in [-0.2, 0) is 4.74 Å². The average Bonchev–Trinajstić information content (AvgIpc) is 3.26. The van der Waals surface area contributed by atoms with Crippen LogP contribution in [0, 0.1) is 0 Å². The third kappa shape index (κ3) is 3.43. The lowest BCUT2D eigenvalue weighted by molar-refractivity contribution is 0.0475. The van der Waals surface area contributed by atoms with Crippen molar-refractivity contribution in [3.05, 3.63) is 58.2 Å². The second kappa shape index (κ2) is 7.09. The summed E-state index contributed by atoms with van der Waals surface area (Å²) in [5.74, 6) is -0.834. The van der Waals surface area contributed by atoms with E-state index in [1.807, 2.05) is 0 Å². The summed E-state index contributed by atoms with van der Waals surface area (Å²) in [6, 6.07) is 7.65. The van der Waals surface area contributed by atoms with Crippen molar-refractivity contribution in [1.29, 1.82) is 0 Å². The van der Waals surface area contributed by atoms with Gasteiger partial charge in [-0.05, 0) is 43.2 Å². The molecule has 1 aromatic carbocycles. The third-order valence-electron chi connectivity index (χ3n) is 4.61. The van der Waals surface area contributed by atoms with Crippen LogP contribution in [0.15, 0.2) is 36.5 Å². The number of ether oxygens (including phenoxy) is 1. The number of nitrogens with one attached hydrogen (secondary N) is 1. The molecule has 1 N–H and O–H groups in total. The molecule has 1 saturated heterocycles. The van der Waals surface area contributed by atoms with Crippen molar-refractivity contribution in [3.8, 4) is 0 Å². The number of anilines is 1. The minimum absolute atomic E-state index is 0.119. The minimum Gasteiger partial charge on any atom is -0.376 e. The van der Waals surface area contributed by atoms with Gasteiger partial charge in [0.15, 0.2) is 0 Å². The Hall–Kier alpha value is -2.77. The molecule has 0 aliphatic carbocycles. The Morgan fingerprint density at radius 3 is 2.74 bits per heavy atom. The summed E-state index contributed by atoms with van der Waals surface area (Å²) in [7, 11) is 0. The fourth-order valence-corrected chi connectivity index (χ4v) is 3.34. The van der Waals surface area contributed by atoms with E-state index in [0.717, 1.165) is 12.8 Å². The van der Waals surface area contributed by atoms with Crippen molar-refractivity contribution in [1.82, 2.24) is 9.88 Å². The number of carbonyl (C=O) groups excluding carboxylic acids is 3. The fraction of sp³-hybridized carbons (Fsp3) is 0.263. The maximum Gasteiger partial charge on any atom is 0.261 e. The van der Waals surface area contributed by atoms with Gasteiger partial charge >= 0.3 is 0 Å². The Morgan fingerprint density at radius 1 is 1.22 bits per heavy atom. The van der Waals surface area contributed by atoms with Gasteiger partial charge in [0.25, 0.3) is 17.7 Å². The SMILES string of the molecule is O=C(Nc1ccc(Cl)cn1)c1ccc2c(c1)C(=O)N(C[C@H]1CCCO1)C2=O. The molecular formula is C19H16ClN3O4. The van der Waals surface area contributed by atoms with Gasteiger partial charge in [-0.15, -0.1) is 0 Å². The van der Waals surface area contributed by atoms with Crippen LogP contribution in [-0.4, -0.2) is 46.9 Å². The Bertz CT molecular complexity index is 923. The van der Waals surface area contributed by atoms with Crippen molar-refractivity contribution in [2.24, 2.45) is 0 Å². The molecular weight excluding hydrogens is 370 g/mol. The van der Waals surface area contributed by atoms with E-state index in [4.69, 9.17) is 16.3 Å². The molecule has 0 saturated carbocycles. The number of rotatable bonds is 4. The number of fused-ring (bicyclic) bond motifs is 1. The maximum absolute atomic E-state index is 12.7. The summed E-state index contributed by atoms with van der Waals surface area (Å²) in [4.78, 5) is 42.8. The molecule has 0 radical (unpaired) electrons. The maximum atomic E-state index is 12.7. The van der Waals surface area contributed by atoms with Gasteiger partial charge in [0, 0.05) is 18.4 Å². The molecule has 7 nitrogen and oxygen atoms in total. The van der Waals surface area contributed by atoms with Gasteiger partial charge in [-0.2, -0.15) is 0 Å². The number of aromatic nitrogens is 1. The smallest absolute Gasteiger partial charge is 0.261 e. The quantitative estimate of drug-likeness (QED) is 0.817. The Labute approximate surface area is 160 Å². The van der Waals surface area contributed by atoms with Crippen molar-refractivity contribution in [3.63, 3.8) is 0 Å². The van der Waals surface area contributed by atoms with Gasteiger partial charge in [-0.1, -0.05) is 11.6 Å².